The molecule has 3 atom stereocenters. The number of quaternary nitrogens is 1. The van der Waals surface area contributed by atoms with Crippen LogP contribution in [0.5, 0.6) is 0 Å². The summed E-state index contributed by atoms with van der Waals surface area (Å²) in [6.07, 6.45) is 78.9. The average molecular weight is 1090 g/mol. The van der Waals surface area contributed by atoms with Crippen LogP contribution in [0.4, 0.5) is 0 Å². The van der Waals surface area contributed by atoms with Gasteiger partial charge in [-0.15, -0.1) is 0 Å². The predicted molar refractivity (Wildman–Crippen MR) is 332 cm³/mol. The number of esters is 1. The van der Waals surface area contributed by atoms with Gasteiger partial charge in [-0.25, -0.2) is 4.57 Å². The molecule has 0 aromatic carbocycles. The van der Waals surface area contributed by atoms with Crippen LogP contribution in [0.3, 0.4) is 0 Å². The molecule has 0 aliphatic carbocycles. The first-order valence-electron chi connectivity index (χ1n) is 30.5. The number of hydrogen-bond acceptors (Lipinski definition) is 6. The Labute approximate surface area is 473 Å². The van der Waals surface area contributed by atoms with Crippen molar-refractivity contribution in [1.82, 2.24) is 5.32 Å². The second-order valence-corrected chi connectivity index (χ2v) is 22.6. The SMILES string of the molecule is CC/C=C\C/C=C\C/C=C\C/C=C\C/C=C\C/C=C\CCC(=O)NC(COP(=O)(O)OCC[N+](C)(C)C)C(/C=C/CCCCCCCCCCCCC)OC(=O)CCCCC/C=C\C/C=C\C/C=C\C/C=C\CCCCC. The molecule has 0 bridgehead atoms. The summed E-state index contributed by atoms with van der Waals surface area (Å²) in [6.45, 7) is 6.77. The van der Waals surface area contributed by atoms with Gasteiger partial charge in [0, 0.05) is 12.8 Å². The molecule has 3 unspecified atom stereocenters. The molecule has 10 heteroatoms. The minimum absolute atomic E-state index is 0.0138. The van der Waals surface area contributed by atoms with E-state index < -0.39 is 20.0 Å². The van der Waals surface area contributed by atoms with Crippen molar-refractivity contribution >= 4 is 19.7 Å². The molecule has 0 rings (SSSR count). The molecule has 0 aliphatic rings. The molecule has 0 saturated carbocycles. The summed E-state index contributed by atoms with van der Waals surface area (Å²) in [6, 6.07) is -0.912. The molecule has 0 radical (unpaired) electrons. The van der Waals surface area contributed by atoms with Crippen molar-refractivity contribution in [3.05, 3.63) is 134 Å². The standard InChI is InChI=1S/C67H113N2O7P/c1-7-10-13-16-19-22-25-28-30-32-34-36-38-41-44-47-50-53-56-59-66(70)68-64(63-75-77(72,73)74-62-61-69(4,5)6)65(58-55-52-49-46-43-40-27-24-21-18-15-12-9-3)76-67(71)60-57-54-51-48-45-42-39-37-35-33-31-29-26-23-20-17-14-11-8-2/h10,13,19-20,22-23,28-31,34-37,41-42,44-45,50,53,55,58,64-65H,7-9,11-12,14-18,21,24-27,32-33,38-40,43,46-49,51-52,54,56-57,59-63H2,1-6H3,(H-,68,70,72,73)/p+1/b13-10-,22-19-,23-20-,30-28-,31-29-,36-34-,37-35-,44-41-,45-42-,53-50-,58-55+. The van der Waals surface area contributed by atoms with E-state index in [0.29, 0.717) is 23.9 Å². The fraction of sp³-hybridized carbons (Fsp3) is 0.642. The Kier molecular flexibility index (Phi) is 52.7. The number of allylic oxidation sites excluding steroid dienone is 21. The molecule has 9 nitrogen and oxygen atoms in total. The zero-order valence-corrected chi connectivity index (χ0v) is 50.8. The van der Waals surface area contributed by atoms with E-state index in [-0.39, 0.29) is 37.9 Å². The summed E-state index contributed by atoms with van der Waals surface area (Å²) >= 11 is 0. The van der Waals surface area contributed by atoms with Gasteiger partial charge in [0.1, 0.15) is 19.3 Å². The van der Waals surface area contributed by atoms with Gasteiger partial charge in [-0.1, -0.05) is 232 Å². The Morgan fingerprint density at radius 1 is 0.468 bits per heavy atom. The molecule has 0 aromatic rings. The number of ether oxygens (including phenoxy) is 1. The molecular weight excluding hydrogens is 976 g/mol. The van der Waals surface area contributed by atoms with Gasteiger partial charge in [-0.2, -0.15) is 0 Å². The summed E-state index contributed by atoms with van der Waals surface area (Å²) < 4.78 is 30.6. The van der Waals surface area contributed by atoms with E-state index in [1.165, 1.54) is 83.5 Å². The topological polar surface area (TPSA) is 111 Å². The minimum atomic E-state index is -4.49. The molecular formula is C67H114N2O7P+. The molecule has 77 heavy (non-hydrogen) atoms. The van der Waals surface area contributed by atoms with Gasteiger partial charge in [0.25, 0.3) is 0 Å². The van der Waals surface area contributed by atoms with E-state index in [4.69, 9.17) is 13.8 Å². The first-order valence-corrected chi connectivity index (χ1v) is 32.0. The van der Waals surface area contributed by atoms with E-state index in [1.54, 1.807) is 0 Å². The summed E-state index contributed by atoms with van der Waals surface area (Å²) in [5.74, 6) is -0.649. The average Bonchev–Trinajstić information content (AvgIpc) is 3.39. The van der Waals surface area contributed by atoms with E-state index in [9.17, 15) is 19.0 Å². The molecule has 0 heterocycles. The van der Waals surface area contributed by atoms with E-state index in [0.717, 1.165) is 96.3 Å². The highest BCUT2D eigenvalue weighted by Gasteiger charge is 2.30. The predicted octanol–water partition coefficient (Wildman–Crippen LogP) is 18.9. The number of hydrogen-bond donors (Lipinski definition) is 2. The maximum absolute atomic E-state index is 13.5. The van der Waals surface area contributed by atoms with Crippen LogP contribution >= 0.6 is 7.82 Å². The minimum Gasteiger partial charge on any atom is -0.456 e. The van der Waals surface area contributed by atoms with Crippen molar-refractivity contribution in [2.75, 3.05) is 40.9 Å². The molecule has 0 aliphatic heterocycles. The van der Waals surface area contributed by atoms with Crippen LogP contribution in [0.25, 0.3) is 0 Å². The third-order valence-corrected chi connectivity index (χ3v) is 13.6. The van der Waals surface area contributed by atoms with Crippen LogP contribution in [0.1, 0.15) is 226 Å². The molecule has 0 saturated heterocycles. The largest absolute Gasteiger partial charge is 0.472 e. The Bertz CT molecular complexity index is 1780. The van der Waals surface area contributed by atoms with Crippen molar-refractivity contribution in [2.45, 2.75) is 238 Å². The van der Waals surface area contributed by atoms with Crippen LogP contribution < -0.4 is 5.32 Å². The molecule has 438 valence electrons. The number of carbonyl (C=O) groups excluding carboxylic acids is 2. The maximum atomic E-state index is 13.5. The van der Waals surface area contributed by atoms with Crippen molar-refractivity contribution in [1.29, 1.82) is 0 Å². The summed E-state index contributed by atoms with van der Waals surface area (Å²) in [7, 11) is 1.41. The van der Waals surface area contributed by atoms with Crippen LogP contribution in [0, 0.1) is 0 Å². The maximum Gasteiger partial charge on any atom is 0.472 e. The highest BCUT2D eigenvalue weighted by Crippen LogP contribution is 2.43. The summed E-state index contributed by atoms with van der Waals surface area (Å²) in [5.41, 5.74) is 0. The van der Waals surface area contributed by atoms with Crippen LogP contribution in [0.15, 0.2) is 134 Å². The van der Waals surface area contributed by atoms with Gasteiger partial charge < -0.3 is 19.4 Å². The lowest BCUT2D eigenvalue weighted by Gasteiger charge is -2.27. The zero-order valence-electron chi connectivity index (χ0n) is 49.9. The smallest absolute Gasteiger partial charge is 0.456 e. The van der Waals surface area contributed by atoms with Crippen molar-refractivity contribution in [3.8, 4) is 0 Å². The lowest BCUT2D eigenvalue weighted by Crippen LogP contribution is -2.47. The molecule has 0 aromatic heterocycles. The molecule has 0 spiro atoms. The number of amides is 1. The van der Waals surface area contributed by atoms with Gasteiger partial charge in [-0.05, 0) is 115 Å². The Hall–Kier alpha value is -3.85. The second-order valence-electron chi connectivity index (χ2n) is 21.1. The molecule has 0 fully saturated rings. The number of carbonyl (C=O) groups is 2. The Morgan fingerprint density at radius 3 is 1.30 bits per heavy atom. The van der Waals surface area contributed by atoms with Gasteiger partial charge in [0.2, 0.25) is 5.91 Å². The van der Waals surface area contributed by atoms with Crippen molar-refractivity contribution in [3.63, 3.8) is 0 Å². The van der Waals surface area contributed by atoms with Gasteiger partial charge >= 0.3 is 13.8 Å². The Morgan fingerprint density at radius 2 is 0.844 bits per heavy atom. The van der Waals surface area contributed by atoms with E-state index in [2.05, 4.69) is 135 Å². The quantitative estimate of drug-likeness (QED) is 0.0205. The van der Waals surface area contributed by atoms with E-state index >= 15 is 0 Å². The van der Waals surface area contributed by atoms with Crippen LogP contribution in [-0.4, -0.2) is 74.3 Å². The monoisotopic (exact) mass is 1090 g/mol. The first-order chi connectivity index (χ1) is 37.4. The van der Waals surface area contributed by atoms with Crippen molar-refractivity contribution < 1.29 is 37.3 Å². The second kappa shape index (κ2) is 55.5. The number of rotatable bonds is 53. The number of unbranched alkanes of at least 4 members (excludes halogenated alkanes) is 17. The molecule has 1 amide bonds. The fourth-order valence-corrected chi connectivity index (χ4v) is 8.62. The number of phosphoric acid groups is 1. The number of phosphoric ester groups is 1. The lowest BCUT2D eigenvalue weighted by molar-refractivity contribution is -0.870. The van der Waals surface area contributed by atoms with Crippen LogP contribution in [0.2, 0.25) is 0 Å². The lowest BCUT2D eigenvalue weighted by atomic mass is 10.0. The van der Waals surface area contributed by atoms with Gasteiger partial charge in [-0.3, -0.25) is 18.6 Å². The Balaban J connectivity index is 5.51. The van der Waals surface area contributed by atoms with Gasteiger partial charge in [0.15, 0.2) is 0 Å². The zero-order chi connectivity index (χ0) is 56.4. The van der Waals surface area contributed by atoms with Gasteiger partial charge in [0.05, 0.1) is 33.8 Å². The molecule has 2 N–H and O–H groups in total. The first kappa shape index (κ1) is 73.2. The fourth-order valence-electron chi connectivity index (χ4n) is 7.89. The summed E-state index contributed by atoms with van der Waals surface area (Å²) in [4.78, 5) is 37.7. The number of likely N-dealkylation sites (N-methyl/N-ethyl adjacent to an activating group) is 1. The normalized spacial score (nSPS) is 14.6. The summed E-state index contributed by atoms with van der Waals surface area (Å²) in [5, 5.41) is 2.99. The number of nitrogens with zero attached hydrogens (tertiary/aromatic N) is 1. The third-order valence-electron chi connectivity index (χ3n) is 12.6. The van der Waals surface area contributed by atoms with Crippen molar-refractivity contribution in [2.24, 2.45) is 0 Å². The number of nitrogens with one attached hydrogen (secondary N) is 1. The highest BCUT2D eigenvalue weighted by atomic mass is 31.2. The van der Waals surface area contributed by atoms with Crippen LogP contribution in [-0.2, 0) is 27.9 Å². The highest BCUT2D eigenvalue weighted by molar-refractivity contribution is 7.47. The third kappa shape index (κ3) is 56.7. The van der Waals surface area contributed by atoms with E-state index in [1.807, 2.05) is 45.4 Å².